The van der Waals surface area contributed by atoms with Gasteiger partial charge in [-0.2, -0.15) is 0 Å². The van der Waals surface area contributed by atoms with Gasteiger partial charge in [-0.1, -0.05) is 52.3 Å². The molecule has 0 unspecified atom stereocenters. The van der Waals surface area contributed by atoms with Crippen LogP contribution in [0.3, 0.4) is 0 Å². The fourth-order valence-electron chi connectivity index (χ4n) is 7.47. The second kappa shape index (κ2) is 8.06. The Morgan fingerprint density at radius 1 is 1.10 bits per heavy atom. The van der Waals surface area contributed by atoms with Crippen LogP contribution in [0.25, 0.3) is 0 Å². The van der Waals surface area contributed by atoms with Gasteiger partial charge in [-0.3, -0.25) is 9.79 Å². The first-order chi connectivity index (χ1) is 14.2. The molecule has 4 aliphatic rings. The van der Waals surface area contributed by atoms with E-state index in [-0.39, 0.29) is 10.8 Å². The van der Waals surface area contributed by atoms with Gasteiger partial charge < -0.3 is 0 Å². The van der Waals surface area contributed by atoms with E-state index in [0.29, 0.717) is 17.6 Å². The maximum absolute atomic E-state index is 12.1. The van der Waals surface area contributed by atoms with Gasteiger partial charge in [0, 0.05) is 30.5 Å². The number of hydrogen-bond donors (Lipinski definition) is 0. The second-order valence-electron chi connectivity index (χ2n) is 11.7. The van der Waals surface area contributed by atoms with Crippen molar-refractivity contribution in [3.63, 3.8) is 0 Å². The molecule has 0 N–H and O–H groups in total. The summed E-state index contributed by atoms with van der Waals surface area (Å²) in [6, 6.07) is 0. The molecule has 0 bridgehead atoms. The zero-order chi connectivity index (χ0) is 21.7. The van der Waals surface area contributed by atoms with Crippen LogP contribution in [-0.4, -0.2) is 18.0 Å². The Morgan fingerprint density at radius 3 is 2.57 bits per heavy atom. The highest BCUT2D eigenvalue weighted by molar-refractivity contribution is 6.06. The highest BCUT2D eigenvalue weighted by Crippen LogP contribution is 2.59. The van der Waals surface area contributed by atoms with Crippen molar-refractivity contribution in [3.05, 3.63) is 23.3 Å². The third-order valence-corrected chi connectivity index (χ3v) is 9.77. The Hall–Kier alpha value is -1.18. The Morgan fingerprint density at radius 2 is 1.83 bits per heavy atom. The minimum Gasteiger partial charge on any atom is -0.300 e. The lowest BCUT2D eigenvalue weighted by atomic mass is 9.50. The van der Waals surface area contributed by atoms with Crippen LogP contribution < -0.4 is 0 Å². The van der Waals surface area contributed by atoms with Crippen LogP contribution in [0.2, 0.25) is 0 Å². The zero-order valence-electron chi connectivity index (χ0n) is 20.2. The molecule has 1 heterocycles. The first-order valence-electron chi connectivity index (χ1n) is 12.6. The average Bonchev–Trinajstić information content (AvgIpc) is 2.71. The molecule has 2 nitrogen and oxygen atoms in total. The third kappa shape index (κ3) is 3.56. The number of Topliss-reactive ketones (excluding diaryl/α,β-unsaturated/α-hetero) is 1. The standard InChI is InChI=1S/C28H43NO/c1-18(2)19(3)7-8-20(4)24-13-16-29-26-23-10-9-21-17-22(30)11-14-27(21,5)25(23)12-15-28(24,26)6/h18,20-21,24H,3,7-17H2,1-2,4-6H3/t20-,21-,24-,27+,28+/m0/s1. The van der Waals surface area contributed by atoms with Gasteiger partial charge in [0.15, 0.2) is 0 Å². The van der Waals surface area contributed by atoms with E-state index >= 15 is 0 Å². The maximum atomic E-state index is 12.1. The highest BCUT2D eigenvalue weighted by Gasteiger charge is 2.53. The van der Waals surface area contributed by atoms with Gasteiger partial charge in [0.1, 0.15) is 5.78 Å². The summed E-state index contributed by atoms with van der Waals surface area (Å²) in [7, 11) is 0. The highest BCUT2D eigenvalue weighted by atomic mass is 16.1. The summed E-state index contributed by atoms with van der Waals surface area (Å²) in [5.74, 6) is 3.11. The molecule has 0 aromatic carbocycles. The summed E-state index contributed by atoms with van der Waals surface area (Å²) in [5.41, 5.74) is 6.70. The summed E-state index contributed by atoms with van der Waals surface area (Å²) >= 11 is 0. The van der Waals surface area contributed by atoms with E-state index in [4.69, 9.17) is 4.99 Å². The quantitative estimate of drug-likeness (QED) is 0.437. The molecule has 0 aromatic rings. The van der Waals surface area contributed by atoms with Crippen LogP contribution in [0, 0.1) is 34.5 Å². The van der Waals surface area contributed by atoms with Crippen molar-refractivity contribution < 1.29 is 4.79 Å². The first-order valence-corrected chi connectivity index (χ1v) is 12.6. The molecule has 1 aliphatic heterocycles. The van der Waals surface area contributed by atoms with Crippen molar-refractivity contribution in [2.24, 2.45) is 39.5 Å². The summed E-state index contributed by atoms with van der Waals surface area (Å²) < 4.78 is 0. The van der Waals surface area contributed by atoms with Crippen molar-refractivity contribution >= 4 is 11.5 Å². The van der Waals surface area contributed by atoms with Crippen LogP contribution in [-0.2, 0) is 4.79 Å². The fourth-order valence-corrected chi connectivity index (χ4v) is 7.47. The molecule has 4 rings (SSSR count). The van der Waals surface area contributed by atoms with Gasteiger partial charge >= 0.3 is 0 Å². The van der Waals surface area contributed by atoms with E-state index in [1.54, 1.807) is 11.1 Å². The molecule has 166 valence electrons. The average molecular weight is 410 g/mol. The van der Waals surface area contributed by atoms with Gasteiger partial charge in [-0.25, -0.2) is 0 Å². The number of carbonyl (C=O) groups excluding carboxylic acids is 1. The normalized spacial score (nSPS) is 37.3. The Bertz CT molecular complexity index is 786. The number of fused-ring (bicyclic) bond motifs is 4. The molecule has 3 aliphatic carbocycles. The molecular formula is C28H43NO. The minimum absolute atomic E-state index is 0.239. The number of carbonyl (C=O) groups is 1. The van der Waals surface area contributed by atoms with Crippen LogP contribution >= 0.6 is 0 Å². The van der Waals surface area contributed by atoms with Crippen molar-refractivity contribution in [2.45, 2.75) is 98.8 Å². The lowest BCUT2D eigenvalue weighted by molar-refractivity contribution is -0.124. The Balaban J connectivity index is 1.59. The SMILES string of the molecule is C=C(CC[C@H](C)[C@@H]1CCN=C2C3=C(CC[C@@]21C)[C@]1(C)CCC(=O)C[C@@H]1CC3)C(C)C. The molecule has 0 aromatic heterocycles. The Kier molecular flexibility index (Phi) is 5.92. The molecular weight excluding hydrogens is 366 g/mol. The molecule has 0 saturated heterocycles. The van der Waals surface area contributed by atoms with Gasteiger partial charge in [-0.15, -0.1) is 0 Å². The van der Waals surface area contributed by atoms with Crippen LogP contribution in [0.15, 0.2) is 28.3 Å². The van der Waals surface area contributed by atoms with E-state index in [1.807, 2.05) is 0 Å². The van der Waals surface area contributed by atoms with Gasteiger partial charge in [0.05, 0.1) is 0 Å². The summed E-state index contributed by atoms with van der Waals surface area (Å²) in [6.07, 6.45) is 11.2. The van der Waals surface area contributed by atoms with Crippen molar-refractivity contribution in [1.82, 2.24) is 0 Å². The zero-order valence-corrected chi connectivity index (χ0v) is 20.2. The van der Waals surface area contributed by atoms with Crippen LogP contribution in [0.4, 0.5) is 0 Å². The van der Waals surface area contributed by atoms with E-state index in [2.05, 4.69) is 41.2 Å². The van der Waals surface area contributed by atoms with Gasteiger partial charge in [-0.05, 0) is 86.0 Å². The summed E-state index contributed by atoms with van der Waals surface area (Å²) in [6.45, 7) is 17.4. The summed E-state index contributed by atoms with van der Waals surface area (Å²) in [5, 5.41) is 0. The van der Waals surface area contributed by atoms with E-state index in [0.717, 1.165) is 44.1 Å². The van der Waals surface area contributed by atoms with Crippen molar-refractivity contribution in [3.8, 4) is 0 Å². The minimum atomic E-state index is 0.239. The third-order valence-electron chi connectivity index (χ3n) is 9.77. The lowest BCUT2D eigenvalue weighted by Gasteiger charge is -2.55. The smallest absolute Gasteiger partial charge is 0.133 e. The predicted molar refractivity (Wildman–Crippen MR) is 127 cm³/mol. The van der Waals surface area contributed by atoms with E-state index < -0.39 is 0 Å². The number of rotatable bonds is 5. The molecule has 2 heteroatoms. The second-order valence-corrected chi connectivity index (χ2v) is 11.7. The van der Waals surface area contributed by atoms with Crippen molar-refractivity contribution in [1.29, 1.82) is 0 Å². The van der Waals surface area contributed by atoms with Gasteiger partial charge in [0.2, 0.25) is 0 Å². The van der Waals surface area contributed by atoms with Crippen LogP contribution in [0.1, 0.15) is 98.8 Å². The first kappa shape index (κ1) is 22.0. The predicted octanol–water partition coefficient (Wildman–Crippen LogP) is 7.34. The summed E-state index contributed by atoms with van der Waals surface area (Å²) in [4.78, 5) is 17.3. The van der Waals surface area contributed by atoms with E-state index in [9.17, 15) is 4.79 Å². The Labute approximate surface area is 184 Å². The lowest BCUT2D eigenvalue weighted by Crippen LogP contribution is -2.49. The number of nitrogens with zero attached hydrogens (tertiary/aromatic N) is 1. The van der Waals surface area contributed by atoms with Gasteiger partial charge in [0.25, 0.3) is 0 Å². The fraction of sp³-hybridized carbons (Fsp3) is 0.786. The van der Waals surface area contributed by atoms with Crippen LogP contribution in [0.5, 0.6) is 0 Å². The molecule has 0 radical (unpaired) electrons. The number of allylic oxidation sites excluding steroid dienone is 3. The number of aliphatic imine (C=N–C) groups is 1. The molecule has 30 heavy (non-hydrogen) atoms. The molecule has 0 amide bonds. The maximum Gasteiger partial charge on any atom is 0.133 e. The monoisotopic (exact) mass is 409 g/mol. The molecule has 1 saturated carbocycles. The molecule has 0 spiro atoms. The molecule has 1 fully saturated rings. The number of hydrogen-bond acceptors (Lipinski definition) is 2. The largest absolute Gasteiger partial charge is 0.300 e. The topological polar surface area (TPSA) is 29.4 Å². The van der Waals surface area contributed by atoms with Crippen molar-refractivity contribution in [2.75, 3.05) is 6.54 Å². The molecule has 5 atom stereocenters. The van der Waals surface area contributed by atoms with E-state index in [1.165, 1.54) is 49.8 Å². The number of ketones is 1.